The van der Waals surface area contributed by atoms with Gasteiger partial charge in [-0.05, 0) is 25.3 Å². The standard InChI is InChI=1S/C11H13ClN2O2/c1-14(7-3-2-4-7)10-5-8(11(15)16)9(12)6-13-10/h5-7H,2-4H2,1H3,(H,15,16). The summed E-state index contributed by atoms with van der Waals surface area (Å²) in [5, 5.41) is 9.13. The van der Waals surface area contributed by atoms with E-state index in [0.717, 1.165) is 12.8 Å². The van der Waals surface area contributed by atoms with Crippen molar-refractivity contribution in [2.24, 2.45) is 0 Å². The molecule has 0 unspecified atom stereocenters. The van der Waals surface area contributed by atoms with Gasteiger partial charge < -0.3 is 10.0 Å². The Balaban J connectivity index is 2.27. The third kappa shape index (κ3) is 1.97. The molecule has 1 aromatic rings. The fraction of sp³-hybridized carbons (Fsp3) is 0.455. The molecule has 1 saturated carbocycles. The van der Waals surface area contributed by atoms with Crippen molar-refractivity contribution < 1.29 is 9.90 Å². The van der Waals surface area contributed by atoms with Crippen LogP contribution >= 0.6 is 11.6 Å². The Morgan fingerprint density at radius 3 is 2.81 bits per heavy atom. The van der Waals surface area contributed by atoms with Crippen molar-refractivity contribution in [2.45, 2.75) is 25.3 Å². The van der Waals surface area contributed by atoms with E-state index < -0.39 is 5.97 Å². The topological polar surface area (TPSA) is 53.4 Å². The summed E-state index contributed by atoms with van der Waals surface area (Å²) in [6, 6.07) is 2.01. The molecule has 1 aliphatic rings. The lowest BCUT2D eigenvalue weighted by Crippen LogP contribution is -2.37. The first kappa shape index (κ1) is 11.2. The van der Waals surface area contributed by atoms with Gasteiger partial charge in [-0.15, -0.1) is 0 Å². The molecular formula is C11H13ClN2O2. The van der Waals surface area contributed by atoms with Gasteiger partial charge in [0.15, 0.2) is 0 Å². The van der Waals surface area contributed by atoms with Gasteiger partial charge in [-0.3, -0.25) is 0 Å². The van der Waals surface area contributed by atoms with Gasteiger partial charge in [-0.1, -0.05) is 11.6 Å². The minimum Gasteiger partial charge on any atom is -0.478 e. The highest BCUT2D eigenvalue weighted by Crippen LogP contribution is 2.28. The van der Waals surface area contributed by atoms with Crippen LogP contribution in [0.3, 0.4) is 0 Å². The predicted molar refractivity (Wildman–Crippen MR) is 62.2 cm³/mol. The molecule has 0 atom stereocenters. The number of rotatable bonds is 3. The van der Waals surface area contributed by atoms with Crippen molar-refractivity contribution in [3.8, 4) is 0 Å². The SMILES string of the molecule is CN(c1cc(C(=O)O)c(Cl)cn1)C1CCC1. The Morgan fingerprint density at radius 1 is 1.62 bits per heavy atom. The summed E-state index contributed by atoms with van der Waals surface area (Å²) in [6.07, 6.45) is 4.91. The van der Waals surface area contributed by atoms with Crippen molar-refractivity contribution in [3.63, 3.8) is 0 Å². The summed E-state index contributed by atoms with van der Waals surface area (Å²) in [6.45, 7) is 0. The molecule has 0 bridgehead atoms. The van der Waals surface area contributed by atoms with Gasteiger partial charge in [-0.25, -0.2) is 9.78 Å². The van der Waals surface area contributed by atoms with Crippen LogP contribution < -0.4 is 4.90 Å². The summed E-state index contributed by atoms with van der Waals surface area (Å²) in [5.41, 5.74) is 0.109. The van der Waals surface area contributed by atoms with Crippen LogP contribution in [0.25, 0.3) is 0 Å². The maximum absolute atomic E-state index is 10.9. The molecule has 86 valence electrons. The molecule has 1 N–H and O–H groups in total. The molecule has 1 fully saturated rings. The lowest BCUT2D eigenvalue weighted by Gasteiger charge is -2.35. The zero-order valence-corrected chi connectivity index (χ0v) is 9.74. The lowest BCUT2D eigenvalue weighted by molar-refractivity contribution is 0.0697. The molecule has 16 heavy (non-hydrogen) atoms. The molecule has 0 radical (unpaired) electrons. The Bertz CT molecular complexity index is 418. The zero-order valence-electron chi connectivity index (χ0n) is 8.98. The molecule has 0 saturated heterocycles. The maximum atomic E-state index is 10.9. The summed E-state index contributed by atoms with van der Waals surface area (Å²) in [5.74, 6) is -0.345. The van der Waals surface area contributed by atoms with E-state index in [4.69, 9.17) is 16.7 Å². The minimum atomic E-state index is -1.02. The first-order valence-corrected chi connectivity index (χ1v) is 5.59. The van der Waals surface area contributed by atoms with Crippen molar-refractivity contribution in [2.75, 3.05) is 11.9 Å². The first-order valence-electron chi connectivity index (χ1n) is 5.21. The Hall–Kier alpha value is -1.29. The van der Waals surface area contributed by atoms with Gasteiger partial charge in [0.2, 0.25) is 0 Å². The van der Waals surface area contributed by atoms with E-state index >= 15 is 0 Å². The number of carboxylic acids is 1. The van der Waals surface area contributed by atoms with Crippen LogP contribution in [0.4, 0.5) is 5.82 Å². The van der Waals surface area contributed by atoms with Gasteiger partial charge in [0, 0.05) is 19.3 Å². The number of hydrogen-bond acceptors (Lipinski definition) is 3. The summed E-state index contributed by atoms with van der Waals surface area (Å²) < 4.78 is 0. The van der Waals surface area contributed by atoms with Crippen LogP contribution in [0.2, 0.25) is 5.02 Å². The van der Waals surface area contributed by atoms with Crippen molar-refractivity contribution in [1.29, 1.82) is 0 Å². The van der Waals surface area contributed by atoms with Crippen LogP contribution in [0, 0.1) is 0 Å². The van der Waals surface area contributed by atoms with Crippen LogP contribution in [-0.4, -0.2) is 29.1 Å². The number of hydrogen-bond donors (Lipinski definition) is 1. The molecule has 0 aromatic carbocycles. The van der Waals surface area contributed by atoms with E-state index in [1.54, 1.807) is 0 Å². The van der Waals surface area contributed by atoms with E-state index in [-0.39, 0.29) is 10.6 Å². The van der Waals surface area contributed by atoms with E-state index in [9.17, 15) is 4.79 Å². The maximum Gasteiger partial charge on any atom is 0.337 e. The number of carbonyl (C=O) groups is 1. The number of halogens is 1. The highest BCUT2D eigenvalue weighted by molar-refractivity contribution is 6.33. The monoisotopic (exact) mass is 240 g/mol. The van der Waals surface area contributed by atoms with E-state index in [1.165, 1.54) is 18.7 Å². The van der Waals surface area contributed by atoms with Gasteiger partial charge in [-0.2, -0.15) is 0 Å². The largest absolute Gasteiger partial charge is 0.478 e. The molecular weight excluding hydrogens is 228 g/mol. The number of nitrogens with zero attached hydrogens (tertiary/aromatic N) is 2. The number of aromatic carboxylic acids is 1. The van der Waals surface area contributed by atoms with Gasteiger partial charge >= 0.3 is 5.97 Å². The second-order valence-corrected chi connectivity index (χ2v) is 4.43. The molecule has 2 rings (SSSR count). The van der Waals surface area contributed by atoms with Crippen LogP contribution in [-0.2, 0) is 0 Å². The molecule has 4 nitrogen and oxygen atoms in total. The molecule has 0 aliphatic heterocycles. The number of anilines is 1. The quantitative estimate of drug-likeness (QED) is 0.882. The smallest absolute Gasteiger partial charge is 0.337 e. The number of pyridine rings is 1. The Labute approximate surface area is 98.9 Å². The first-order chi connectivity index (χ1) is 7.59. The molecule has 1 heterocycles. The second-order valence-electron chi connectivity index (χ2n) is 4.02. The number of carboxylic acid groups (broad SMARTS) is 1. The van der Waals surface area contributed by atoms with Crippen LogP contribution in [0.15, 0.2) is 12.3 Å². The fourth-order valence-electron chi connectivity index (χ4n) is 1.75. The van der Waals surface area contributed by atoms with Crippen LogP contribution in [0.5, 0.6) is 0 Å². The number of aromatic nitrogens is 1. The minimum absolute atomic E-state index is 0.109. The highest BCUT2D eigenvalue weighted by Gasteiger charge is 2.24. The molecule has 0 spiro atoms. The van der Waals surface area contributed by atoms with Gasteiger partial charge in [0.05, 0.1) is 10.6 Å². The lowest BCUT2D eigenvalue weighted by atomic mass is 9.92. The molecule has 1 aromatic heterocycles. The highest BCUT2D eigenvalue weighted by atomic mass is 35.5. The van der Waals surface area contributed by atoms with Crippen molar-refractivity contribution in [3.05, 3.63) is 22.8 Å². The Kier molecular flexibility index (Phi) is 3.01. The van der Waals surface area contributed by atoms with Crippen molar-refractivity contribution in [1.82, 2.24) is 4.98 Å². The average molecular weight is 241 g/mol. The van der Waals surface area contributed by atoms with E-state index in [0.29, 0.717) is 11.9 Å². The van der Waals surface area contributed by atoms with Gasteiger partial charge in [0.25, 0.3) is 0 Å². The Morgan fingerprint density at radius 2 is 2.31 bits per heavy atom. The third-order valence-corrected chi connectivity index (χ3v) is 3.36. The normalized spacial score (nSPS) is 15.6. The predicted octanol–water partition coefficient (Wildman–Crippen LogP) is 2.42. The fourth-order valence-corrected chi connectivity index (χ4v) is 1.93. The van der Waals surface area contributed by atoms with Gasteiger partial charge in [0.1, 0.15) is 5.82 Å². The third-order valence-electron chi connectivity index (χ3n) is 3.06. The van der Waals surface area contributed by atoms with Crippen molar-refractivity contribution >= 4 is 23.4 Å². The van der Waals surface area contributed by atoms with Crippen LogP contribution in [0.1, 0.15) is 29.6 Å². The van der Waals surface area contributed by atoms with E-state index in [2.05, 4.69) is 4.98 Å². The zero-order chi connectivity index (χ0) is 11.7. The second kappa shape index (κ2) is 4.29. The molecule has 5 heteroatoms. The molecule has 1 aliphatic carbocycles. The van der Waals surface area contributed by atoms with E-state index in [1.807, 2.05) is 11.9 Å². The summed E-state index contributed by atoms with van der Waals surface area (Å²) in [7, 11) is 1.94. The molecule has 0 amide bonds. The summed E-state index contributed by atoms with van der Waals surface area (Å²) >= 11 is 5.76. The average Bonchev–Trinajstić information content (AvgIpc) is 2.15. The summed E-state index contributed by atoms with van der Waals surface area (Å²) in [4.78, 5) is 17.1.